The molecule has 11 heteroatoms. The lowest BCUT2D eigenvalue weighted by molar-refractivity contribution is -0.122. The molecule has 0 radical (unpaired) electrons. The molecule has 3 aliphatic rings. The Bertz CT molecular complexity index is 1700. The van der Waals surface area contributed by atoms with Crippen molar-refractivity contribution in [2.24, 2.45) is 5.92 Å². The summed E-state index contributed by atoms with van der Waals surface area (Å²) in [5, 5.41) is 11.2. The molecule has 0 unspecified atom stereocenters. The second-order valence-corrected chi connectivity index (χ2v) is 12.5. The number of hydrogen-bond acceptors (Lipinski definition) is 7. The minimum Gasteiger partial charge on any atom is -0.483 e. The van der Waals surface area contributed by atoms with E-state index in [0.29, 0.717) is 18.5 Å². The molecule has 41 heavy (non-hydrogen) atoms. The first-order valence-electron chi connectivity index (χ1n) is 14.0. The van der Waals surface area contributed by atoms with Gasteiger partial charge in [-0.05, 0) is 74.4 Å². The highest BCUT2D eigenvalue weighted by Crippen LogP contribution is 2.44. The molecule has 2 N–H and O–H groups in total. The van der Waals surface area contributed by atoms with Gasteiger partial charge in [0.25, 0.3) is 12.0 Å². The molecule has 2 fully saturated rings. The van der Waals surface area contributed by atoms with Crippen LogP contribution in [0.1, 0.15) is 36.1 Å². The van der Waals surface area contributed by atoms with Gasteiger partial charge in [0.2, 0.25) is 0 Å². The zero-order valence-electron chi connectivity index (χ0n) is 22.6. The minimum atomic E-state index is -0.266. The van der Waals surface area contributed by atoms with E-state index in [0.717, 1.165) is 83.0 Å². The summed E-state index contributed by atoms with van der Waals surface area (Å²) < 4.78 is 4.09. The molecule has 1 saturated carbocycles. The third-order valence-electron chi connectivity index (χ3n) is 8.12. The van der Waals surface area contributed by atoms with Gasteiger partial charge in [-0.1, -0.05) is 11.6 Å². The Hall–Kier alpha value is -3.47. The number of benzene rings is 1. The number of carbonyl (C=O) groups is 1. The van der Waals surface area contributed by atoms with Gasteiger partial charge in [0.05, 0.1) is 16.8 Å². The van der Waals surface area contributed by atoms with Gasteiger partial charge in [-0.25, -0.2) is 4.79 Å². The number of halogens is 1. The van der Waals surface area contributed by atoms with E-state index in [4.69, 9.17) is 21.5 Å². The van der Waals surface area contributed by atoms with Crippen molar-refractivity contribution in [2.75, 3.05) is 24.5 Å². The monoisotopic (exact) mass is 593 g/mol. The first kappa shape index (κ1) is 27.7. The van der Waals surface area contributed by atoms with Crippen molar-refractivity contribution in [3.05, 3.63) is 79.0 Å². The zero-order chi connectivity index (χ0) is 28.5. The summed E-state index contributed by atoms with van der Waals surface area (Å²) in [6.07, 6.45) is 9.08. The van der Waals surface area contributed by atoms with Crippen LogP contribution in [0.3, 0.4) is 0 Å². The Morgan fingerprint density at radius 1 is 1.15 bits per heavy atom. The van der Waals surface area contributed by atoms with E-state index >= 15 is 0 Å². The number of rotatable bonds is 6. The molecule has 0 bridgehead atoms. The molecule has 1 aromatic carbocycles. The number of pyridine rings is 1. The Kier molecular flexibility index (Phi) is 7.96. The SMILES string of the molecule is O=CO.O=c1ccn(CC2CC2)c(=O)n1Cc1cc2nccc(-c3cc(Cl)cc4c3N([C@H]3CCNC3)CCC4)c2s1. The van der Waals surface area contributed by atoms with Crippen LogP contribution in [0.2, 0.25) is 5.02 Å². The van der Waals surface area contributed by atoms with Crippen molar-refractivity contribution in [3.8, 4) is 11.1 Å². The van der Waals surface area contributed by atoms with E-state index in [9.17, 15) is 9.59 Å². The first-order valence-corrected chi connectivity index (χ1v) is 15.2. The number of aromatic nitrogens is 3. The fourth-order valence-electron chi connectivity index (χ4n) is 6.07. The van der Waals surface area contributed by atoms with Gasteiger partial charge in [0.15, 0.2) is 0 Å². The van der Waals surface area contributed by atoms with Crippen LogP contribution in [0.4, 0.5) is 5.69 Å². The highest BCUT2D eigenvalue weighted by molar-refractivity contribution is 7.19. The van der Waals surface area contributed by atoms with Crippen LogP contribution in [0.25, 0.3) is 21.3 Å². The molecular formula is C30H32ClN5O4S. The van der Waals surface area contributed by atoms with Gasteiger partial charge in [-0.3, -0.25) is 19.1 Å². The summed E-state index contributed by atoms with van der Waals surface area (Å²) in [5.41, 5.74) is 5.22. The maximum absolute atomic E-state index is 13.1. The molecule has 4 aromatic rings. The van der Waals surface area contributed by atoms with Crippen LogP contribution in [0.15, 0.2) is 52.3 Å². The molecular weight excluding hydrogens is 562 g/mol. The van der Waals surface area contributed by atoms with Crippen LogP contribution in [-0.2, 0) is 24.3 Å². The standard InChI is InChI=1S/C29H30ClN5O2S.CH2O2/c30-20-12-19-2-1-10-34(21-5-8-31-15-21)27(19)24(13-20)23-6-9-32-25-14-22(38-28(23)25)17-35-26(36)7-11-33(29(35)37)16-18-3-4-18;2-1-3/h6-7,9,11-14,18,21,31H,1-5,8,10,15-17H2;1H,(H,2,3)/t21-;/m0./s1. The molecule has 214 valence electrons. The number of carboxylic acid groups (broad SMARTS) is 1. The average Bonchev–Trinajstić information content (AvgIpc) is 3.42. The summed E-state index contributed by atoms with van der Waals surface area (Å²) >= 11 is 8.28. The largest absolute Gasteiger partial charge is 0.483 e. The number of aryl methyl sites for hydroxylation is 1. The second-order valence-electron chi connectivity index (χ2n) is 10.9. The van der Waals surface area contributed by atoms with Gasteiger partial charge < -0.3 is 19.9 Å². The quantitative estimate of drug-likeness (QED) is 0.322. The van der Waals surface area contributed by atoms with Crippen molar-refractivity contribution < 1.29 is 9.90 Å². The Labute approximate surface area is 246 Å². The fraction of sp³-hybridized carbons (Fsp3) is 0.400. The van der Waals surface area contributed by atoms with E-state index in [-0.39, 0.29) is 24.3 Å². The van der Waals surface area contributed by atoms with Crippen LogP contribution in [0.5, 0.6) is 0 Å². The lowest BCUT2D eigenvalue weighted by atomic mass is 9.92. The topological polar surface area (TPSA) is 109 Å². The van der Waals surface area contributed by atoms with E-state index in [1.165, 1.54) is 21.9 Å². The second kappa shape index (κ2) is 11.8. The van der Waals surface area contributed by atoms with Gasteiger partial charge in [-0.15, -0.1) is 11.3 Å². The van der Waals surface area contributed by atoms with Crippen LogP contribution < -0.4 is 21.5 Å². The molecule has 7 rings (SSSR count). The lowest BCUT2D eigenvalue weighted by Crippen LogP contribution is -2.40. The normalized spacial score (nSPS) is 18.2. The number of hydrogen-bond donors (Lipinski definition) is 2. The third-order valence-corrected chi connectivity index (χ3v) is 9.48. The third kappa shape index (κ3) is 5.68. The van der Waals surface area contributed by atoms with Crippen molar-refractivity contribution >= 4 is 45.3 Å². The highest BCUT2D eigenvalue weighted by atomic mass is 35.5. The molecule has 1 aliphatic carbocycles. The van der Waals surface area contributed by atoms with Crippen molar-refractivity contribution in [1.82, 2.24) is 19.4 Å². The summed E-state index contributed by atoms with van der Waals surface area (Å²) in [5.74, 6) is 0.554. The number of thiophene rings is 1. The fourth-order valence-corrected chi connectivity index (χ4v) is 7.44. The predicted molar refractivity (Wildman–Crippen MR) is 162 cm³/mol. The van der Waals surface area contributed by atoms with Gasteiger partial charge in [0, 0.05) is 70.9 Å². The smallest absolute Gasteiger partial charge is 0.331 e. The zero-order valence-corrected chi connectivity index (χ0v) is 24.2. The average molecular weight is 594 g/mol. The lowest BCUT2D eigenvalue weighted by Gasteiger charge is -2.38. The van der Waals surface area contributed by atoms with Gasteiger partial charge in [0.1, 0.15) is 0 Å². The Morgan fingerprint density at radius 3 is 2.73 bits per heavy atom. The molecule has 1 atom stereocenters. The molecule has 0 spiro atoms. The minimum absolute atomic E-state index is 0.236. The molecule has 0 amide bonds. The maximum Gasteiger partial charge on any atom is 0.331 e. The number of nitrogens with one attached hydrogen (secondary N) is 1. The summed E-state index contributed by atoms with van der Waals surface area (Å²) in [6, 6.07) is 10.3. The molecule has 2 aliphatic heterocycles. The molecule has 9 nitrogen and oxygen atoms in total. The highest BCUT2D eigenvalue weighted by Gasteiger charge is 2.30. The first-order chi connectivity index (χ1) is 20.0. The number of nitrogens with zero attached hydrogens (tertiary/aromatic N) is 4. The van der Waals surface area contributed by atoms with E-state index in [1.54, 1.807) is 22.1 Å². The van der Waals surface area contributed by atoms with Gasteiger partial charge >= 0.3 is 5.69 Å². The van der Waals surface area contributed by atoms with Crippen molar-refractivity contribution in [3.63, 3.8) is 0 Å². The van der Waals surface area contributed by atoms with Crippen molar-refractivity contribution in [2.45, 2.75) is 51.2 Å². The number of fused-ring (bicyclic) bond motifs is 2. The van der Waals surface area contributed by atoms with Crippen molar-refractivity contribution in [1.29, 1.82) is 0 Å². The molecule has 1 saturated heterocycles. The van der Waals surface area contributed by atoms with Crippen LogP contribution >= 0.6 is 22.9 Å². The summed E-state index contributed by atoms with van der Waals surface area (Å²) in [4.78, 5) is 42.3. The van der Waals surface area contributed by atoms with Crippen LogP contribution in [-0.4, -0.2) is 51.4 Å². The van der Waals surface area contributed by atoms with E-state index in [1.807, 2.05) is 12.3 Å². The van der Waals surface area contributed by atoms with E-state index in [2.05, 4.69) is 33.4 Å². The molecule has 3 aromatic heterocycles. The molecule has 5 heterocycles. The number of anilines is 1. The predicted octanol–water partition coefficient (Wildman–Crippen LogP) is 4.21. The Balaban J connectivity index is 0.000000967. The summed E-state index contributed by atoms with van der Waals surface area (Å²) in [6.45, 7) is 3.78. The van der Waals surface area contributed by atoms with Crippen LogP contribution in [0, 0.1) is 5.92 Å². The summed E-state index contributed by atoms with van der Waals surface area (Å²) in [7, 11) is 0. The maximum atomic E-state index is 13.1. The van der Waals surface area contributed by atoms with E-state index < -0.39 is 0 Å². The van der Waals surface area contributed by atoms with Gasteiger partial charge in [-0.2, -0.15) is 0 Å². The Morgan fingerprint density at radius 2 is 1.98 bits per heavy atom.